The highest BCUT2D eigenvalue weighted by molar-refractivity contribution is 5.83. The fourth-order valence-electron chi connectivity index (χ4n) is 1.26. The van der Waals surface area contributed by atoms with E-state index in [1.807, 2.05) is 0 Å². The third kappa shape index (κ3) is 7.52. The fraction of sp³-hybridized carbons (Fsp3) is 0.667. The summed E-state index contributed by atoms with van der Waals surface area (Å²) in [6, 6.07) is -0.823. The molecule has 0 spiro atoms. The molecule has 98 valence electrons. The van der Waals surface area contributed by atoms with E-state index in [0.29, 0.717) is 19.6 Å². The first-order chi connectivity index (χ1) is 7.99. The zero-order chi connectivity index (χ0) is 13.3. The molecule has 0 radical (unpaired) electrons. The van der Waals surface area contributed by atoms with E-state index < -0.39 is 12.0 Å². The molecule has 2 N–H and O–H groups in total. The summed E-state index contributed by atoms with van der Waals surface area (Å²) < 4.78 is 5.12. The minimum atomic E-state index is -1.00. The predicted octanol–water partition coefficient (Wildman–Crippen LogP) is 1.19. The Morgan fingerprint density at radius 3 is 2.59 bits per heavy atom. The molecule has 0 saturated carbocycles. The first kappa shape index (κ1) is 15.6. The Hall–Kier alpha value is -1.36. The van der Waals surface area contributed by atoms with Gasteiger partial charge in [0.25, 0.3) is 0 Å². The minimum absolute atomic E-state index is 0.131. The van der Waals surface area contributed by atoms with Crippen LogP contribution in [0.5, 0.6) is 0 Å². The summed E-state index contributed by atoms with van der Waals surface area (Å²) in [6.45, 7) is 7.95. The number of ether oxygens (including phenoxy) is 1. The van der Waals surface area contributed by atoms with Gasteiger partial charge in [-0.25, -0.2) is 4.79 Å². The van der Waals surface area contributed by atoms with E-state index in [1.54, 1.807) is 19.9 Å². The van der Waals surface area contributed by atoms with E-state index in [-0.39, 0.29) is 18.2 Å². The number of nitrogens with one attached hydrogen (secondary N) is 1. The van der Waals surface area contributed by atoms with Gasteiger partial charge in [0.05, 0.1) is 6.61 Å². The number of carbonyl (C=O) groups excluding carboxylic acids is 1. The summed E-state index contributed by atoms with van der Waals surface area (Å²) in [7, 11) is 0. The zero-order valence-electron chi connectivity index (χ0n) is 10.4. The lowest BCUT2D eigenvalue weighted by Gasteiger charge is -2.17. The molecular formula is C12H21NO4. The Morgan fingerprint density at radius 1 is 1.47 bits per heavy atom. The number of rotatable bonds is 9. The average Bonchev–Trinajstić information content (AvgIpc) is 2.24. The number of amides is 1. The Morgan fingerprint density at radius 2 is 2.12 bits per heavy atom. The molecule has 0 aliphatic carbocycles. The first-order valence-corrected chi connectivity index (χ1v) is 5.69. The smallest absolute Gasteiger partial charge is 0.326 e. The van der Waals surface area contributed by atoms with E-state index in [9.17, 15) is 9.59 Å². The molecule has 0 saturated heterocycles. The summed E-state index contributed by atoms with van der Waals surface area (Å²) in [4.78, 5) is 22.3. The van der Waals surface area contributed by atoms with Crippen LogP contribution in [0.4, 0.5) is 0 Å². The molecule has 17 heavy (non-hydrogen) atoms. The molecule has 5 nitrogen and oxygen atoms in total. The van der Waals surface area contributed by atoms with Gasteiger partial charge >= 0.3 is 5.97 Å². The van der Waals surface area contributed by atoms with E-state index in [4.69, 9.17) is 9.84 Å². The summed E-state index contributed by atoms with van der Waals surface area (Å²) in [5.74, 6) is -1.39. The third-order valence-electron chi connectivity index (χ3n) is 2.18. The Labute approximate surface area is 102 Å². The van der Waals surface area contributed by atoms with Crippen molar-refractivity contribution in [3.05, 3.63) is 12.7 Å². The first-order valence-electron chi connectivity index (χ1n) is 5.69. The molecule has 0 aromatic carbocycles. The molecule has 0 aromatic rings. The molecule has 0 bridgehead atoms. The van der Waals surface area contributed by atoms with Gasteiger partial charge < -0.3 is 15.2 Å². The van der Waals surface area contributed by atoms with Gasteiger partial charge in [0, 0.05) is 13.0 Å². The summed E-state index contributed by atoms with van der Waals surface area (Å²) in [5, 5.41) is 11.4. The van der Waals surface area contributed by atoms with Crippen molar-refractivity contribution >= 4 is 11.9 Å². The van der Waals surface area contributed by atoms with Crippen LogP contribution in [-0.4, -0.2) is 36.2 Å². The SMILES string of the molecule is C=CCOCCCC(=O)N[C@@H](C(=O)O)C(C)C. The Kier molecular flexibility index (Phi) is 8.05. The molecule has 0 aromatic heterocycles. The maximum absolute atomic E-state index is 11.4. The third-order valence-corrected chi connectivity index (χ3v) is 2.18. The van der Waals surface area contributed by atoms with Gasteiger partial charge in [-0.05, 0) is 12.3 Å². The monoisotopic (exact) mass is 243 g/mol. The van der Waals surface area contributed by atoms with Crippen molar-refractivity contribution in [2.75, 3.05) is 13.2 Å². The molecule has 0 unspecified atom stereocenters. The van der Waals surface area contributed by atoms with Crippen LogP contribution >= 0.6 is 0 Å². The van der Waals surface area contributed by atoms with Gasteiger partial charge in [0.15, 0.2) is 0 Å². The zero-order valence-corrected chi connectivity index (χ0v) is 10.4. The topological polar surface area (TPSA) is 75.6 Å². The second-order valence-corrected chi connectivity index (χ2v) is 4.09. The van der Waals surface area contributed by atoms with Gasteiger partial charge in [-0.1, -0.05) is 19.9 Å². The van der Waals surface area contributed by atoms with Crippen LogP contribution in [-0.2, 0) is 14.3 Å². The number of carboxylic acid groups (broad SMARTS) is 1. The van der Waals surface area contributed by atoms with Crippen LogP contribution in [0.25, 0.3) is 0 Å². The van der Waals surface area contributed by atoms with Crippen molar-refractivity contribution in [1.82, 2.24) is 5.32 Å². The van der Waals surface area contributed by atoms with Crippen molar-refractivity contribution in [1.29, 1.82) is 0 Å². The van der Waals surface area contributed by atoms with Crippen LogP contribution in [0.3, 0.4) is 0 Å². The molecule has 1 amide bonds. The normalized spacial score (nSPS) is 12.2. The number of carbonyl (C=O) groups is 2. The molecular weight excluding hydrogens is 222 g/mol. The van der Waals surface area contributed by atoms with Crippen molar-refractivity contribution in [3.63, 3.8) is 0 Å². The Bertz CT molecular complexity index is 263. The largest absolute Gasteiger partial charge is 0.480 e. The molecule has 5 heteroatoms. The van der Waals surface area contributed by atoms with Crippen LogP contribution in [0.1, 0.15) is 26.7 Å². The molecule has 0 aliphatic rings. The van der Waals surface area contributed by atoms with Gasteiger partial charge in [0.1, 0.15) is 6.04 Å². The maximum Gasteiger partial charge on any atom is 0.326 e. The van der Waals surface area contributed by atoms with Crippen molar-refractivity contribution in [2.45, 2.75) is 32.7 Å². The van der Waals surface area contributed by atoms with Crippen molar-refractivity contribution in [2.24, 2.45) is 5.92 Å². The highest BCUT2D eigenvalue weighted by atomic mass is 16.5. The molecule has 0 aliphatic heterocycles. The van der Waals surface area contributed by atoms with Crippen molar-refractivity contribution < 1.29 is 19.4 Å². The molecule has 0 fully saturated rings. The summed E-state index contributed by atoms with van der Waals surface area (Å²) in [6.07, 6.45) is 2.48. The summed E-state index contributed by atoms with van der Waals surface area (Å²) in [5.41, 5.74) is 0. The van der Waals surface area contributed by atoms with Crippen LogP contribution < -0.4 is 5.32 Å². The van der Waals surface area contributed by atoms with Gasteiger partial charge in [0.2, 0.25) is 5.91 Å². The fourth-order valence-corrected chi connectivity index (χ4v) is 1.26. The van der Waals surface area contributed by atoms with E-state index >= 15 is 0 Å². The van der Waals surface area contributed by atoms with E-state index in [1.165, 1.54) is 0 Å². The second-order valence-electron chi connectivity index (χ2n) is 4.09. The predicted molar refractivity (Wildman–Crippen MR) is 64.7 cm³/mol. The van der Waals surface area contributed by atoms with E-state index in [0.717, 1.165) is 0 Å². The second kappa shape index (κ2) is 8.75. The molecule has 1 atom stereocenters. The number of carboxylic acids is 1. The molecule has 0 heterocycles. The van der Waals surface area contributed by atoms with Crippen LogP contribution in [0.15, 0.2) is 12.7 Å². The van der Waals surface area contributed by atoms with Crippen molar-refractivity contribution in [3.8, 4) is 0 Å². The van der Waals surface area contributed by atoms with Crippen LogP contribution in [0, 0.1) is 5.92 Å². The number of hydrogen-bond acceptors (Lipinski definition) is 3. The maximum atomic E-state index is 11.4. The lowest BCUT2D eigenvalue weighted by atomic mass is 10.0. The van der Waals surface area contributed by atoms with E-state index in [2.05, 4.69) is 11.9 Å². The van der Waals surface area contributed by atoms with Gasteiger partial charge in [-0.15, -0.1) is 6.58 Å². The highest BCUT2D eigenvalue weighted by Crippen LogP contribution is 2.02. The van der Waals surface area contributed by atoms with Gasteiger partial charge in [-0.3, -0.25) is 4.79 Å². The number of aliphatic carboxylic acids is 1. The molecule has 0 rings (SSSR count). The quantitative estimate of drug-likeness (QED) is 0.471. The Balaban J connectivity index is 3.83. The lowest BCUT2D eigenvalue weighted by molar-refractivity contribution is -0.143. The standard InChI is InChI=1S/C12H21NO4/c1-4-7-17-8-5-6-10(14)13-11(9(2)3)12(15)16/h4,9,11H,1,5-8H2,2-3H3,(H,13,14)(H,15,16)/t11-/m1/s1. The minimum Gasteiger partial charge on any atom is -0.480 e. The van der Waals surface area contributed by atoms with Crippen LogP contribution in [0.2, 0.25) is 0 Å². The lowest BCUT2D eigenvalue weighted by Crippen LogP contribution is -2.44. The highest BCUT2D eigenvalue weighted by Gasteiger charge is 2.22. The van der Waals surface area contributed by atoms with Gasteiger partial charge in [-0.2, -0.15) is 0 Å². The number of hydrogen-bond donors (Lipinski definition) is 2. The summed E-state index contributed by atoms with van der Waals surface area (Å²) >= 11 is 0. The average molecular weight is 243 g/mol.